The summed E-state index contributed by atoms with van der Waals surface area (Å²) in [5.74, 6) is -0.284. The van der Waals surface area contributed by atoms with Gasteiger partial charge in [-0.2, -0.15) is 0 Å². The smallest absolute Gasteiger partial charge is 0.255 e. The van der Waals surface area contributed by atoms with Crippen molar-refractivity contribution in [3.8, 4) is 11.4 Å². The monoisotopic (exact) mass is 526 g/mol. The molecule has 2 atom stereocenters. The molecule has 6 rings (SSSR count). The molecule has 0 radical (unpaired) electrons. The third-order valence-corrected chi connectivity index (χ3v) is 7.68. The summed E-state index contributed by atoms with van der Waals surface area (Å²) in [7, 11) is 0. The van der Waals surface area contributed by atoms with Crippen molar-refractivity contribution in [2.45, 2.75) is 31.0 Å². The van der Waals surface area contributed by atoms with Crippen molar-refractivity contribution in [3.05, 3.63) is 107 Å². The molecule has 1 spiro atoms. The van der Waals surface area contributed by atoms with Crippen LogP contribution in [0.15, 0.2) is 84.0 Å². The standard InChI is InChI=1S/C29H27FN6O3/c30-22-8-4-7-21(15-22)27(39)34-13-10-29(18-34)11-14-35-26(38)16-24(23-9-12-31-19-32-23)33-28(35)36(29)17-25(37)20-5-2-1-3-6-20/h1-9,12,15-16,19,25,37H,10-11,13-14,17-18H2/t25-,29?/m0/s1. The number of fused-ring (bicyclic) bond motifs is 1. The number of hydrogen-bond acceptors (Lipinski definition) is 7. The molecular weight excluding hydrogens is 499 g/mol. The number of carbonyl (C=O) groups is 1. The molecule has 10 heteroatoms. The highest BCUT2D eigenvalue weighted by molar-refractivity contribution is 5.94. The first-order valence-electron chi connectivity index (χ1n) is 12.9. The number of aliphatic hydroxyl groups excluding tert-OH is 1. The highest BCUT2D eigenvalue weighted by Crippen LogP contribution is 2.40. The number of hydrogen-bond donors (Lipinski definition) is 1. The number of benzene rings is 2. The van der Waals surface area contributed by atoms with Crippen molar-refractivity contribution < 1.29 is 14.3 Å². The molecule has 1 saturated heterocycles. The number of carbonyl (C=O) groups excluding carboxylic acids is 1. The zero-order chi connectivity index (χ0) is 27.0. The Labute approximate surface area is 224 Å². The van der Waals surface area contributed by atoms with Crippen LogP contribution in [0.1, 0.15) is 34.9 Å². The van der Waals surface area contributed by atoms with Crippen molar-refractivity contribution in [1.82, 2.24) is 24.4 Å². The lowest BCUT2D eigenvalue weighted by Crippen LogP contribution is -2.58. The first-order chi connectivity index (χ1) is 18.9. The van der Waals surface area contributed by atoms with Crippen molar-refractivity contribution >= 4 is 11.9 Å². The molecule has 1 amide bonds. The fourth-order valence-corrected chi connectivity index (χ4v) is 5.64. The van der Waals surface area contributed by atoms with Crippen LogP contribution < -0.4 is 10.5 Å². The largest absolute Gasteiger partial charge is 0.387 e. The molecule has 4 aromatic rings. The lowest BCUT2D eigenvalue weighted by atomic mass is 9.89. The summed E-state index contributed by atoms with van der Waals surface area (Å²) in [6.07, 6.45) is 3.33. The quantitative estimate of drug-likeness (QED) is 0.426. The van der Waals surface area contributed by atoms with Crippen molar-refractivity contribution in [3.63, 3.8) is 0 Å². The summed E-state index contributed by atoms with van der Waals surface area (Å²) >= 11 is 0. The molecule has 0 bridgehead atoms. The number of likely N-dealkylation sites (tertiary alicyclic amines) is 1. The van der Waals surface area contributed by atoms with Crippen molar-refractivity contribution in [1.29, 1.82) is 0 Å². The number of amides is 1. The Morgan fingerprint density at radius 1 is 1.03 bits per heavy atom. The predicted octanol–water partition coefficient (Wildman–Crippen LogP) is 3.07. The highest BCUT2D eigenvalue weighted by Gasteiger charge is 2.48. The van der Waals surface area contributed by atoms with Gasteiger partial charge in [0.2, 0.25) is 5.95 Å². The average molecular weight is 527 g/mol. The van der Waals surface area contributed by atoms with E-state index in [0.717, 1.165) is 5.56 Å². The summed E-state index contributed by atoms with van der Waals surface area (Å²) in [4.78, 5) is 43.4. The summed E-state index contributed by atoms with van der Waals surface area (Å²) in [6.45, 7) is 1.41. The van der Waals surface area contributed by atoms with E-state index in [1.807, 2.05) is 35.2 Å². The fourth-order valence-electron chi connectivity index (χ4n) is 5.64. The van der Waals surface area contributed by atoms with Gasteiger partial charge in [-0.3, -0.25) is 14.2 Å². The molecule has 2 aliphatic rings. The zero-order valence-corrected chi connectivity index (χ0v) is 21.2. The second-order valence-corrected chi connectivity index (χ2v) is 10.0. The van der Waals surface area contributed by atoms with Crippen LogP contribution in [0.25, 0.3) is 11.4 Å². The number of halogens is 1. The van der Waals surface area contributed by atoms with Gasteiger partial charge < -0.3 is 14.9 Å². The molecule has 39 heavy (non-hydrogen) atoms. The Balaban J connectivity index is 1.40. The van der Waals surface area contributed by atoms with Crippen LogP contribution in [0.4, 0.5) is 10.3 Å². The van der Waals surface area contributed by atoms with E-state index in [1.165, 1.54) is 30.6 Å². The molecule has 198 valence electrons. The number of aromatic nitrogens is 4. The van der Waals surface area contributed by atoms with Gasteiger partial charge in [0.25, 0.3) is 11.5 Å². The Hall–Kier alpha value is -4.44. The van der Waals surface area contributed by atoms with Gasteiger partial charge in [0, 0.05) is 37.5 Å². The fraction of sp³-hybridized carbons (Fsp3) is 0.276. The number of anilines is 1. The highest BCUT2D eigenvalue weighted by atomic mass is 19.1. The molecule has 4 heterocycles. The molecule has 0 aliphatic carbocycles. The molecule has 2 aromatic carbocycles. The third-order valence-electron chi connectivity index (χ3n) is 7.68. The number of nitrogens with zero attached hydrogens (tertiary/aromatic N) is 6. The van der Waals surface area contributed by atoms with Crippen LogP contribution in [0, 0.1) is 5.82 Å². The maximum atomic E-state index is 13.9. The number of rotatable bonds is 5. The normalized spacial score (nSPS) is 19.2. The van der Waals surface area contributed by atoms with Gasteiger partial charge in [-0.25, -0.2) is 19.3 Å². The van der Waals surface area contributed by atoms with E-state index in [-0.39, 0.29) is 18.0 Å². The van der Waals surface area contributed by atoms with Gasteiger partial charge in [-0.15, -0.1) is 0 Å². The van der Waals surface area contributed by atoms with Gasteiger partial charge in [0.1, 0.15) is 12.1 Å². The van der Waals surface area contributed by atoms with Gasteiger partial charge in [-0.1, -0.05) is 36.4 Å². The molecular formula is C29H27FN6O3. The van der Waals surface area contributed by atoms with Gasteiger partial charge in [-0.05, 0) is 42.7 Å². The second kappa shape index (κ2) is 10.0. The molecule has 1 N–H and O–H groups in total. The van der Waals surface area contributed by atoms with E-state index >= 15 is 0 Å². The molecule has 1 unspecified atom stereocenters. The van der Waals surface area contributed by atoms with E-state index in [4.69, 9.17) is 4.98 Å². The Kier molecular flexibility index (Phi) is 6.40. The van der Waals surface area contributed by atoms with E-state index in [9.17, 15) is 19.1 Å². The topological polar surface area (TPSA) is 104 Å². The van der Waals surface area contributed by atoms with Crippen LogP contribution in [-0.4, -0.2) is 60.6 Å². The van der Waals surface area contributed by atoms with Crippen LogP contribution in [0.3, 0.4) is 0 Å². The van der Waals surface area contributed by atoms with Crippen molar-refractivity contribution in [2.75, 3.05) is 24.5 Å². The second-order valence-electron chi connectivity index (χ2n) is 10.0. The third kappa shape index (κ3) is 4.67. The number of aliphatic hydroxyl groups is 1. The Morgan fingerprint density at radius 3 is 2.62 bits per heavy atom. The first-order valence-corrected chi connectivity index (χ1v) is 12.9. The zero-order valence-electron chi connectivity index (χ0n) is 21.2. The van der Waals surface area contributed by atoms with Gasteiger partial charge >= 0.3 is 0 Å². The summed E-state index contributed by atoms with van der Waals surface area (Å²) < 4.78 is 15.5. The van der Waals surface area contributed by atoms with Crippen molar-refractivity contribution in [2.24, 2.45) is 0 Å². The summed E-state index contributed by atoms with van der Waals surface area (Å²) in [5, 5.41) is 11.3. The maximum Gasteiger partial charge on any atom is 0.255 e. The lowest BCUT2D eigenvalue weighted by molar-refractivity contribution is 0.0777. The van der Waals surface area contributed by atoms with E-state index in [1.54, 1.807) is 27.8 Å². The number of β-amino-alcohol motifs (C(OH)–C–C–N with tert-alkyl or cyclic N) is 1. The van der Waals surface area contributed by atoms with Crippen LogP contribution in [0.2, 0.25) is 0 Å². The molecule has 2 aliphatic heterocycles. The molecule has 2 aromatic heterocycles. The first kappa shape index (κ1) is 24.9. The molecule has 0 saturated carbocycles. The van der Waals surface area contributed by atoms with Crippen LogP contribution in [-0.2, 0) is 6.54 Å². The van der Waals surface area contributed by atoms with Crippen LogP contribution in [0.5, 0.6) is 0 Å². The summed E-state index contributed by atoms with van der Waals surface area (Å²) in [6, 6.07) is 18.2. The average Bonchev–Trinajstić information content (AvgIpc) is 3.39. The molecule has 1 fully saturated rings. The lowest BCUT2D eigenvalue weighted by Gasteiger charge is -2.47. The van der Waals surface area contributed by atoms with E-state index in [0.29, 0.717) is 55.4 Å². The van der Waals surface area contributed by atoms with E-state index < -0.39 is 17.5 Å². The SMILES string of the molecule is O=C(c1cccc(F)c1)N1CCC2(CCn3c(nc(-c4ccncn4)cc3=O)N2C[C@H](O)c2ccccc2)C1. The maximum absolute atomic E-state index is 13.9. The molecule has 9 nitrogen and oxygen atoms in total. The Morgan fingerprint density at radius 2 is 1.85 bits per heavy atom. The van der Waals surface area contributed by atoms with E-state index in [2.05, 4.69) is 9.97 Å². The Bertz CT molecular complexity index is 1560. The van der Waals surface area contributed by atoms with Gasteiger partial charge in [0.05, 0.1) is 29.6 Å². The summed E-state index contributed by atoms with van der Waals surface area (Å²) in [5.41, 5.74) is 1.18. The minimum atomic E-state index is -0.859. The predicted molar refractivity (Wildman–Crippen MR) is 143 cm³/mol. The minimum absolute atomic E-state index is 0.172. The minimum Gasteiger partial charge on any atom is -0.387 e. The van der Waals surface area contributed by atoms with Crippen LogP contribution >= 0.6 is 0 Å². The van der Waals surface area contributed by atoms with Gasteiger partial charge in [0.15, 0.2) is 0 Å².